The van der Waals surface area contributed by atoms with E-state index in [2.05, 4.69) is 5.16 Å². The molecule has 3 rings (SSSR count). The lowest BCUT2D eigenvalue weighted by molar-refractivity contribution is -0.145. The third kappa shape index (κ3) is 6.17. The van der Waals surface area contributed by atoms with Gasteiger partial charge in [-0.05, 0) is 48.7 Å². The number of aliphatic carboxylic acids is 1. The zero-order chi connectivity index (χ0) is 22.9. The van der Waals surface area contributed by atoms with E-state index in [1.54, 1.807) is 31.2 Å². The fourth-order valence-corrected chi connectivity index (χ4v) is 3.19. The van der Waals surface area contributed by atoms with Gasteiger partial charge in [0.05, 0.1) is 5.71 Å². The Balaban J connectivity index is 1.84. The Bertz CT molecular complexity index is 1080. The molecule has 3 aromatic rings. The van der Waals surface area contributed by atoms with Gasteiger partial charge in [0.15, 0.2) is 6.10 Å². The minimum atomic E-state index is -0.996. The second-order valence-electron chi connectivity index (χ2n) is 7.40. The molecular formula is C26H26FNO4. The fraction of sp³-hybridized carbons (Fsp3) is 0.231. The normalized spacial score (nSPS) is 12.3. The molecule has 3 aromatic carbocycles. The molecule has 0 spiro atoms. The number of carboxylic acid groups (broad SMARTS) is 1. The molecule has 1 N–H and O–H groups in total. The lowest BCUT2D eigenvalue weighted by Crippen LogP contribution is -2.26. The Morgan fingerprint density at radius 1 is 1.06 bits per heavy atom. The summed E-state index contributed by atoms with van der Waals surface area (Å²) in [7, 11) is 0. The van der Waals surface area contributed by atoms with Crippen LogP contribution in [0, 0.1) is 12.7 Å². The highest BCUT2D eigenvalue weighted by Gasteiger charge is 2.18. The number of rotatable bonds is 10. The van der Waals surface area contributed by atoms with Crippen molar-refractivity contribution in [2.24, 2.45) is 5.16 Å². The standard InChI is InChI=1S/C26H26FNO4/c1-3-24(26(29)30)32-25-14-13-20(15-18(25)2)23(16-19-9-5-4-6-10-19)28-31-17-21-11-7-8-12-22(21)27/h4-15,24H,3,16-17H2,1-2H3,(H,29,30). The van der Waals surface area contributed by atoms with Gasteiger partial charge in [0.1, 0.15) is 18.2 Å². The van der Waals surface area contributed by atoms with Crippen molar-refractivity contribution in [3.63, 3.8) is 0 Å². The molecule has 1 unspecified atom stereocenters. The number of oxime groups is 1. The van der Waals surface area contributed by atoms with Crippen LogP contribution in [-0.4, -0.2) is 22.9 Å². The van der Waals surface area contributed by atoms with E-state index in [0.717, 1.165) is 16.7 Å². The van der Waals surface area contributed by atoms with Crippen LogP contribution in [0.3, 0.4) is 0 Å². The van der Waals surface area contributed by atoms with Crippen LogP contribution >= 0.6 is 0 Å². The summed E-state index contributed by atoms with van der Waals surface area (Å²) in [6.07, 6.45) is -0.0212. The van der Waals surface area contributed by atoms with Gasteiger partial charge in [0.25, 0.3) is 0 Å². The van der Waals surface area contributed by atoms with Gasteiger partial charge in [-0.15, -0.1) is 0 Å². The molecule has 32 heavy (non-hydrogen) atoms. The molecule has 0 heterocycles. The summed E-state index contributed by atoms with van der Waals surface area (Å²) in [4.78, 5) is 16.8. The third-order valence-corrected chi connectivity index (χ3v) is 4.99. The zero-order valence-corrected chi connectivity index (χ0v) is 18.1. The molecule has 0 aliphatic carbocycles. The number of nitrogens with zero attached hydrogens (tertiary/aromatic N) is 1. The van der Waals surface area contributed by atoms with Gasteiger partial charge in [-0.25, -0.2) is 9.18 Å². The topological polar surface area (TPSA) is 68.1 Å². The van der Waals surface area contributed by atoms with Crippen LogP contribution in [0.1, 0.15) is 35.6 Å². The van der Waals surface area contributed by atoms with Crippen LogP contribution in [0.5, 0.6) is 5.75 Å². The Morgan fingerprint density at radius 2 is 1.78 bits per heavy atom. The third-order valence-electron chi connectivity index (χ3n) is 4.99. The van der Waals surface area contributed by atoms with Gasteiger partial charge in [0.2, 0.25) is 0 Å². The summed E-state index contributed by atoms with van der Waals surface area (Å²) < 4.78 is 19.5. The average molecular weight is 435 g/mol. The molecule has 0 saturated carbocycles. The first-order chi connectivity index (χ1) is 15.5. The van der Waals surface area contributed by atoms with Crippen molar-refractivity contribution in [1.29, 1.82) is 0 Å². The molecule has 6 heteroatoms. The van der Waals surface area contributed by atoms with Gasteiger partial charge < -0.3 is 14.7 Å². The van der Waals surface area contributed by atoms with E-state index < -0.39 is 12.1 Å². The summed E-state index contributed by atoms with van der Waals surface area (Å²) in [5, 5.41) is 13.6. The molecule has 0 amide bonds. The predicted molar refractivity (Wildman–Crippen MR) is 121 cm³/mol. The largest absolute Gasteiger partial charge is 0.479 e. The van der Waals surface area contributed by atoms with E-state index >= 15 is 0 Å². The van der Waals surface area contributed by atoms with E-state index in [1.807, 2.05) is 49.4 Å². The maximum atomic E-state index is 13.9. The van der Waals surface area contributed by atoms with Crippen LogP contribution in [0.2, 0.25) is 0 Å². The van der Waals surface area contributed by atoms with Gasteiger partial charge >= 0.3 is 5.97 Å². The van der Waals surface area contributed by atoms with Crippen LogP contribution in [-0.2, 0) is 22.7 Å². The number of halogens is 1. The molecule has 0 aromatic heterocycles. The first kappa shape index (κ1) is 23.0. The molecule has 5 nitrogen and oxygen atoms in total. The second-order valence-corrected chi connectivity index (χ2v) is 7.40. The zero-order valence-electron chi connectivity index (χ0n) is 18.1. The summed E-state index contributed by atoms with van der Waals surface area (Å²) in [5.41, 5.74) is 3.75. The lowest BCUT2D eigenvalue weighted by atomic mass is 10.0. The van der Waals surface area contributed by atoms with Crippen LogP contribution in [0.15, 0.2) is 78.0 Å². The van der Waals surface area contributed by atoms with Crippen molar-refractivity contribution in [3.05, 3.63) is 101 Å². The Kier molecular flexibility index (Phi) is 7.97. The van der Waals surface area contributed by atoms with Gasteiger partial charge in [-0.2, -0.15) is 0 Å². The maximum absolute atomic E-state index is 13.9. The molecule has 0 saturated heterocycles. The van der Waals surface area contributed by atoms with Crippen molar-refractivity contribution in [2.45, 2.75) is 39.4 Å². The number of hydrogen-bond donors (Lipinski definition) is 1. The Morgan fingerprint density at radius 3 is 2.44 bits per heavy atom. The van der Waals surface area contributed by atoms with Crippen molar-refractivity contribution in [1.82, 2.24) is 0 Å². The highest BCUT2D eigenvalue weighted by Crippen LogP contribution is 2.23. The molecule has 1 atom stereocenters. The second kappa shape index (κ2) is 11.1. The summed E-state index contributed by atoms with van der Waals surface area (Å²) >= 11 is 0. The van der Waals surface area contributed by atoms with E-state index in [9.17, 15) is 14.3 Å². The lowest BCUT2D eigenvalue weighted by Gasteiger charge is -2.16. The van der Waals surface area contributed by atoms with Crippen LogP contribution in [0.4, 0.5) is 4.39 Å². The molecule has 0 aliphatic rings. The highest BCUT2D eigenvalue weighted by atomic mass is 19.1. The number of hydrogen-bond acceptors (Lipinski definition) is 4. The molecule has 0 radical (unpaired) electrons. The molecular weight excluding hydrogens is 409 g/mol. The summed E-state index contributed by atoms with van der Waals surface area (Å²) in [6, 6.07) is 21.7. The first-order valence-electron chi connectivity index (χ1n) is 10.4. The highest BCUT2D eigenvalue weighted by molar-refractivity contribution is 6.01. The predicted octanol–water partition coefficient (Wildman–Crippen LogP) is 5.54. The van der Waals surface area contributed by atoms with Crippen LogP contribution < -0.4 is 4.74 Å². The quantitative estimate of drug-likeness (QED) is 0.335. The van der Waals surface area contributed by atoms with Crippen molar-refractivity contribution < 1.29 is 23.9 Å². The first-order valence-corrected chi connectivity index (χ1v) is 10.4. The molecule has 166 valence electrons. The Hall–Kier alpha value is -3.67. The van der Waals surface area contributed by atoms with Gasteiger partial charge in [-0.1, -0.05) is 60.6 Å². The van der Waals surface area contributed by atoms with Crippen molar-refractivity contribution in [3.8, 4) is 5.75 Å². The monoisotopic (exact) mass is 435 g/mol. The number of ether oxygens (including phenoxy) is 1. The number of carbonyl (C=O) groups is 1. The average Bonchev–Trinajstić information content (AvgIpc) is 2.79. The smallest absolute Gasteiger partial charge is 0.344 e. The SMILES string of the molecule is CCC(Oc1ccc(C(Cc2ccccc2)=NOCc2ccccc2F)cc1C)C(=O)O. The van der Waals surface area contributed by atoms with E-state index in [-0.39, 0.29) is 12.4 Å². The Labute approximate surface area is 187 Å². The van der Waals surface area contributed by atoms with Crippen LogP contribution in [0.25, 0.3) is 0 Å². The minimum Gasteiger partial charge on any atom is -0.479 e. The van der Waals surface area contributed by atoms with Crippen molar-refractivity contribution in [2.75, 3.05) is 0 Å². The number of benzene rings is 3. The summed E-state index contributed by atoms with van der Waals surface area (Å²) in [5.74, 6) is -0.827. The number of aryl methyl sites for hydroxylation is 1. The molecule has 0 fully saturated rings. The summed E-state index contributed by atoms with van der Waals surface area (Å²) in [6.45, 7) is 3.63. The number of carboxylic acids is 1. The maximum Gasteiger partial charge on any atom is 0.344 e. The van der Waals surface area contributed by atoms with E-state index in [0.29, 0.717) is 29.9 Å². The fourth-order valence-electron chi connectivity index (χ4n) is 3.19. The van der Waals surface area contributed by atoms with Gasteiger partial charge in [-0.3, -0.25) is 0 Å². The molecule has 0 aliphatic heterocycles. The van der Waals surface area contributed by atoms with E-state index in [4.69, 9.17) is 9.57 Å². The van der Waals surface area contributed by atoms with E-state index in [1.165, 1.54) is 6.07 Å². The van der Waals surface area contributed by atoms with Gasteiger partial charge in [0, 0.05) is 17.5 Å². The van der Waals surface area contributed by atoms with Crippen molar-refractivity contribution >= 4 is 11.7 Å². The molecule has 0 bridgehead atoms. The minimum absolute atomic E-state index is 0.0158.